The number of urea groups is 3. The highest BCUT2D eigenvalue weighted by Gasteiger charge is 2.36. The molecule has 488 valence electrons. The van der Waals surface area contributed by atoms with Crippen LogP contribution in [0.25, 0.3) is 0 Å². The van der Waals surface area contributed by atoms with E-state index in [1.807, 2.05) is 0 Å². The fraction of sp³-hybridized carbons (Fsp3) is 0.377. The third-order valence-electron chi connectivity index (χ3n) is 9.53. The van der Waals surface area contributed by atoms with Gasteiger partial charge in [0.2, 0.25) is 20.0 Å². The number of carbonyl (C=O) groups is 3. The van der Waals surface area contributed by atoms with Gasteiger partial charge in [0.15, 0.2) is 0 Å². The Hall–Kier alpha value is -6.74. The Morgan fingerprint density at radius 2 is 0.678 bits per heavy atom. The van der Waals surface area contributed by atoms with Crippen LogP contribution in [0, 0.1) is 0 Å². The van der Waals surface area contributed by atoms with Crippen molar-refractivity contribution in [3.63, 3.8) is 0 Å². The van der Waals surface area contributed by atoms with Crippen molar-refractivity contribution < 1.29 is 98.5 Å². The van der Waals surface area contributed by atoms with Crippen LogP contribution in [0.1, 0.15) is 98.5 Å². The van der Waals surface area contributed by atoms with E-state index in [2.05, 4.69) is 41.3 Å². The number of hydrogen-bond acceptors (Lipinski definition) is 7. The predicted octanol–water partition coefficient (Wildman–Crippen LogP) is 16.0. The van der Waals surface area contributed by atoms with Crippen molar-refractivity contribution in [3.05, 3.63) is 147 Å². The van der Waals surface area contributed by atoms with Crippen molar-refractivity contribution in [2.45, 2.75) is 140 Å². The van der Waals surface area contributed by atoms with E-state index in [1.54, 1.807) is 69.2 Å². The van der Waals surface area contributed by atoms with E-state index in [9.17, 15) is 97.1 Å². The second kappa shape index (κ2) is 33.0. The summed E-state index contributed by atoms with van der Waals surface area (Å²) in [6.45, 7) is 16.9. The minimum atomic E-state index is -4.69. The van der Waals surface area contributed by atoms with Gasteiger partial charge in [-0.2, -0.15) is 65.9 Å². The Kier molecular flexibility index (Phi) is 29.7. The van der Waals surface area contributed by atoms with Gasteiger partial charge in [-0.15, -0.1) is 0 Å². The lowest BCUT2D eigenvalue weighted by Crippen LogP contribution is -2.34. The number of alkyl halides is 15. The molecule has 5 aromatic carbocycles. The lowest BCUT2D eigenvalue weighted by atomic mass is 10.2. The molecular weight excluding hydrogens is 1280 g/mol. The van der Waals surface area contributed by atoms with E-state index < -0.39 is 118 Å². The smallest absolute Gasteiger partial charge is 0.336 e. The summed E-state index contributed by atoms with van der Waals surface area (Å²) in [6, 6.07) is 15.3. The highest BCUT2D eigenvalue weighted by molar-refractivity contribution is 7.89. The number of anilines is 3. The first-order valence-corrected chi connectivity index (χ1v) is 28.7. The van der Waals surface area contributed by atoms with Gasteiger partial charge in [0.05, 0.1) is 47.7 Å². The number of amides is 6. The van der Waals surface area contributed by atoms with Gasteiger partial charge in [-0.1, -0.05) is 29.3 Å². The number of benzene rings is 5. The number of sulfonamides is 2. The van der Waals surface area contributed by atoms with Crippen LogP contribution < -0.4 is 41.3 Å². The fourth-order valence-corrected chi connectivity index (χ4v) is 9.07. The molecule has 0 aromatic heterocycles. The molecule has 0 heterocycles. The van der Waals surface area contributed by atoms with Crippen molar-refractivity contribution in [2.75, 3.05) is 16.0 Å². The predicted molar refractivity (Wildman–Crippen MR) is 302 cm³/mol. The molecule has 34 heteroatoms. The molecule has 0 spiro atoms. The van der Waals surface area contributed by atoms with Crippen molar-refractivity contribution in [2.24, 2.45) is 0 Å². The van der Waals surface area contributed by atoms with Crippen molar-refractivity contribution in [1.82, 2.24) is 25.4 Å². The van der Waals surface area contributed by atoms with Gasteiger partial charge in [-0.05, 0) is 172 Å². The molecule has 5 rings (SSSR count). The van der Waals surface area contributed by atoms with E-state index in [0.29, 0.717) is 11.8 Å². The van der Waals surface area contributed by atoms with Crippen LogP contribution >= 0.6 is 23.2 Å². The maximum atomic E-state index is 12.6. The Bertz CT molecular complexity index is 3260. The summed E-state index contributed by atoms with van der Waals surface area (Å²) in [6.07, 6.45) is -22.5. The monoisotopic (exact) mass is 1340 g/mol. The molecule has 0 saturated carbocycles. The highest BCUT2D eigenvalue weighted by atomic mass is 35.5. The first-order chi connectivity index (χ1) is 39.4. The minimum Gasteiger partial charge on any atom is -0.336 e. The van der Waals surface area contributed by atoms with Gasteiger partial charge in [-0.25, -0.2) is 40.7 Å². The molecule has 0 fully saturated rings. The van der Waals surface area contributed by atoms with E-state index in [-0.39, 0.29) is 41.9 Å². The van der Waals surface area contributed by atoms with Gasteiger partial charge in [-0.3, -0.25) is 0 Å². The molecule has 0 saturated heterocycles. The summed E-state index contributed by atoms with van der Waals surface area (Å²) in [5.74, 6) is 0. The van der Waals surface area contributed by atoms with Crippen LogP contribution in [-0.2, 0) is 50.9 Å². The van der Waals surface area contributed by atoms with E-state index in [0.717, 1.165) is 72.8 Å². The first kappa shape index (κ1) is 78.3. The molecule has 0 atom stereocenters. The number of hydrogen-bond donors (Lipinski definition) is 8. The summed E-state index contributed by atoms with van der Waals surface area (Å²) in [4.78, 5) is 33.2. The number of nitrogens with one attached hydrogen (secondary N) is 8. The third kappa shape index (κ3) is 30.2. The Balaban J connectivity index is 0.00000107. The maximum Gasteiger partial charge on any atom is 0.417 e. The number of carbonyl (C=O) groups excluding carboxylic acids is 3. The van der Waals surface area contributed by atoms with Crippen LogP contribution in [-0.4, -0.2) is 65.1 Å². The molecule has 0 unspecified atom stereocenters. The second-order valence-corrected chi connectivity index (χ2v) is 23.6. The summed E-state index contributed by atoms with van der Waals surface area (Å²) in [5, 5.41) is 13.7. The SMILES string of the molecule is CC(C)NC(=O)Nc1ccc(C(F)(F)F)cc1.CC(C)NC(=O)Nc1ccc(Cl)c(C(F)(F)F)c1.CC(C)NC(=O)Nc1cccc(C(F)(F)F)c1.CC(C)NS(=O)(=O)c1ccc(C(F)(F)F)cc1.CC(C)NS(=O)(=O)c1ccc(Cl)c(C(F)(F)F)c1.[HH]. The number of halogens is 17. The van der Waals surface area contributed by atoms with Gasteiger partial charge in [0, 0.05) is 48.7 Å². The Labute approximate surface area is 503 Å². The van der Waals surface area contributed by atoms with Crippen LogP contribution in [0.5, 0.6) is 0 Å². The summed E-state index contributed by atoms with van der Waals surface area (Å²) >= 11 is 10.9. The molecule has 0 aliphatic rings. The molecule has 0 aliphatic heterocycles. The molecule has 15 nitrogen and oxygen atoms in total. The molecule has 0 bridgehead atoms. The molecule has 6 amide bonds. The highest BCUT2D eigenvalue weighted by Crippen LogP contribution is 2.38. The second-order valence-electron chi connectivity index (χ2n) is 19.3. The normalized spacial score (nSPS) is 12.1. The van der Waals surface area contributed by atoms with Crippen molar-refractivity contribution >= 4 is 78.4 Å². The maximum absolute atomic E-state index is 12.6. The van der Waals surface area contributed by atoms with E-state index in [4.69, 9.17) is 23.2 Å². The quantitative estimate of drug-likeness (QED) is 0.0565. The lowest BCUT2D eigenvalue weighted by Gasteiger charge is -2.13. The van der Waals surface area contributed by atoms with Crippen LogP contribution in [0.3, 0.4) is 0 Å². The first-order valence-electron chi connectivity index (χ1n) is 25.0. The molecular formula is C53H63Cl2F15N8O7S2. The van der Waals surface area contributed by atoms with E-state index in [1.165, 1.54) is 30.3 Å². The topological polar surface area (TPSA) is 216 Å². The van der Waals surface area contributed by atoms with E-state index >= 15 is 0 Å². The van der Waals surface area contributed by atoms with Gasteiger partial charge in [0.1, 0.15) is 0 Å². The molecule has 87 heavy (non-hydrogen) atoms. The number of rotatable bonds is 12. The third-order valence-corrected chi connectivity index (χ3v) is 13.5. The van der Waals surface area contributed by atoms with Crippen LogP contribution in [0.15, 0.2) is 119 Å². The Morgan fingerprint density at radius 3 is 1.03 bits per heavy atom. The molecule has 5 aromatic rings. The molecule has 0 aliphatic carbocycles. The molecule has 0 radical (unpaired) electrons. The average Bonchev–Trinajstić information content (AvgIpc) is 2.63. The zero-order chi connectivity index (χ0) is 67.4. The van der Waals surface area contributed by atoms with Gasteiger partial charge in [0.25, 0.3) is 0 Å². The zero-order valence-corrected chi connectivity index (χ0v) is 50.5. The largest absolute Gasteiger partial charge is 0.417 e. The van der Waals surface area contributed by atoms with Gasteiger partial charge < -0.3 is 31.9 Å². The zero-order valence-electron chi connectivity index (χ0n) is 47.4. The minimum absolute atomic E-state index is 0. The summed E-state index contributed by atoms with van der Waals surface area (Å²) in [7, 11) is -7.71. The van der Waals surface area contributed by atoms with Crippen LogP contribution in [0.2, 0.25) is 10.0 Å². The van der Waals surface area contributed by atoms with Crippen LogP contribution in [0.4, 0.5) is 97.3 Å². The lowest BCUT2D eigenvalue weighted by molar-refractivity contribution is -0.138. The van der Waals surface area contributed by atoms with Crippen molar-refractivity contribution in [3.8, 4) is 0 Å². The molecule has 8 N–H and O–H groups in total. The average molecular weight is 1340 g/mol. The summed E-state index contributed by atoms with van der Waals surface area (Å²) in [5.41, 5.74) is -4.10. The van der Waals surface area contributed by atoms with Gasteiger partial charge >= 0.3 is 49.0 Å². The fourth-order valence-electron chi connectivity index (χ4n) is 6.09. The van der Waals surface area contributed by atoms with Crippen molar-refractivity contribution in [1.29, 1.82) is 0 Å². The standard InChI is InChI=1S/C11H12ClF3N2O.2C11H13F3N2O.C10H11ClF3NO2S.C10H12F3NO2S.H2/c1-6(2)16-10(18)17-7-3-4-9(12)8(5-7)11(13,14)15;1-7(2)15-10(17)16-9-5-3-8(4-6-9)11(12,13)14;1-7(2)15-10(17)16-9-5-3-4-8(6-9)11(12,13)14;1-6(2)15-18(16,17)7-3-4-9(11)8(5-7)10(12,13)14;1-7(2)14-17(15,16)9-5-3-8(4-6-9)10(11,12)13;/h3-6H,1-2H3,(H2,16,17,18);2*3-7H,1-2H3,(H2,15,16,17);3-6,15H,1-2H3;3-7,14H,1-2H3;1H. The summed E-state index contributed by atoms with van der Waals surface area (Å²) < 4.78 is 237. The Morgan fingerprint density at radius 1 is 0.368 bits per heavy atom.